The minimum Gasteiger partial charge on any atom is -0.478 e. The third-order valence-electron chi connectivity index (χ3n) is 13.6. The van der Waals surface area contributed by atoms with Crippen LogP contribution in [0, 0.1) is 0 Å². The van der Waals surface area contributed by atoms with E-state index in [1.165, 1.54) is 0 Å². The van der Waals surface area contributed by atoms with Crippen molar-refractivity contribution in [2.24, 2.45) is 0 Å². The Hall–Kier alpha value is -12.3. The van der Waals surface area contributed by atoms with Gasteiger partial charge < -0.3 is 31.1 Å². The number of nitrogens with zero attached hydrogens (tertiary/aromatic N) is 14. The van der Waals surface area contributed by atoms with Crippen LogP contribution in [0.15, 0.2) is 122 Å². The molecule has 26 nitrogen and oxygen atoms in total. The molecule has 10 rings (SSSR count). The third-order valence-corrected chi connectivity index (χ3v) is 13.6. The highest BCUT2D eigenvalue weighted by Gasteiger charge is 2.43. The van der Waals surface area contributed by atoms with Gasteiger partial charge in [0, 0.05) is 24.2 Å². The zero-order valence-electron chi connectivity index (χ0n) is 46.4. The second kappa shape index (κ2) is 24.8. The van der Waals surface area contributed by atoms with Crippen LogP contribution in [0.5, 0.6) is 0 Å². The molecule has 94 heavy (non-hydrogen) atoms. The average Bonchev–Trinajstić information content (AvgIpc) is 1.74. The molecule has 6 N–H and O–H groups in total. The molecule has 0 atom stereocenters. The van der Waals surface area contributed by atoms with Gasteiger partial charge in [0.25, 0.3) is 11.8 Å². The number of carboxylic acids is 4. The summed E-state index contributed by atoms with van der Waals surface area (Å²) in [5.41, 5.74) is -17.5. The van der Waals surface area contributed by atoms with E-state index in [0.717, 1.165) is 97.6 Å². The summed E-state index contributed by atoms with van der Waals surface area (Å²) in [4.78, 5) is 84.0. The molecule has 0 aliphatic rings. The third kappa shape index (κ3) is 13.3. The van der Waals surface area contributed by atoms with Gasteiger partial charge in [0.15, 0.2) is 0 Å². The van der Waals surface area contributed by atoms with Gasteiger partial charge >= 0.3 is 48.6 Å². The van der Waals surface area contributed by atoms with Gasteiger partial charge in [0.2, 0.25) is 0 Å². The van der Waals surface area contributed by atoms with Gasteiger partial charge in [-0.25, -0.2) is 47.9 Å². The number of pyridine rings is 2. The highest BCUT2D eigenvalue weighted by atomic mass is 19.4. The van der Waals surface area contributed by atoms with E-state index in [2.05, 4.69) is 61.8 Å². The lowest BCUT2D eigenvalue weighted by Crippen LogP contribution is -2.27. The van der Waals surface area contributed by atoms with Gasteiger partial charge in [-0.15, -0.1) is 20.4 Å². The second-order valence-corrected chi connectivity index (χ2v) is 19.7. The molecule has 0 spiro atoms. The number of carbonyl (C=O) groups is 6. The summed E-state index contributed by atoms with van der Waals surface area (Å²) < 4.78 is 175. The Balaban J connectivity index is 0.916. The van der Waals surface area contributed by atoms with E-state index in [-0.39, 0.29) is 82.6 Å². The Morgan fingerprint density at radius 2 is 0.574 bits per heavy atom. The molecule has 0 aliphatic carbocycles. The fourth-order valence-electron chi connectivity index (χ4n) is 9.53. The Morgan fingerprint density at radius 1 is 0.351 bits per heavy atom. The molecule has 2 amide bonds. The molecule has 0 fully saturated rings. The number of aromatic carboxylic acids is 4. The van der Waals surface area contributed by atoms with Gasteiger partial charge in [-0.2, -0.15) is 52.7 Å². The van der Waals surface area contributed by atoms with Gasteiger partial charge in [0.1, 0.15) is 22.8 Å². The number of nitrogens with one attached hydrogen (secondary N) is 2. The first-order chi connectivity index (χ1) is 44.3. The van der Waals surface area contributed by atoms with Crippen molar-refractivity contribution >= 4 is 35.7 Å². The molecule has 10 aromatic rings. The maximum Gasteiger partial charge on any atom is 0.419 e. The van der Waals surface area contributed by atoms with Crippen molar-refractivity contribution in [3.63, 3.8) is 0 Å². The van der Waals surface area contributed by atoms with Crippen molar-refractivity contribution < 1.29 is 102 Å². The van der Waals surface area contributed by atoms with Gasteiger partial charge in [-0.05, 0) is 85.6 Å². The zero-order valence-corrected chi connectivity index (χ0v) is 46.4. The van der Waals surface area contributed by atoms with Crippen molar-refractivity contribution in [1.29, 1.82) is 0 Å². The number of amides is 2. The van der Waals surface area contributed by atoms with Gasteiger partial charge in [-0.1, -0.05) is 45.1 Å². The fraction of sp³-hybridized carbons (Fsp3) is 0.143. The summed E-state index contributed by atoms with van der Waals surface area (Å²) in [6.45, 7) is -0.361. The molecular formula is C56H34F12N16O10. The van der Waals surface area contributed by atoms with E-state index in [1.54, 1.807) is 0 Å². The summed E-state index contributed by atoms with van der Waals surface area (Å²) in [5, 5.41) is 73.9. The number of benzene rings is 4. The fourth-order valence-corrected chi connectivity index (χ4v) is 9.53. The minimum absolute atomic E-state index is 0.0679. The lowest BCUT2D eigenvalue weighted by molar-refractivity contribution is -0.138. The van der Waals surface area contributed by atoms with E-state index in [1.807, 2.05) is 0 Å². The number of aromatic nitrogens is 14. The van der Waals surface area contributed by atoms with Gasteiger partial charge in [-0.3, -0.25) is 9.59 Å². The summed E-state index contributed by atoms with van der Waals surface area (Å²) in [6, 6.07) is 14.7. The molecule has 482 valence electrons. The second-order valence-electron chi connectivity index (χ2n) is 19.7. The maximum absolute atomic E-state index is 14.4. The van der Waals surface area contributed by atoms with E-state index in [9.17, 15) is 102 Å². The monoisotopic (exact) mass is 1320 g/mol. The molecule has 6 aromatic heterocycles. The standard InChI is InChI=1S/C56H34F12N16O10/c57-53(58,59)43-27(49(87)88)7-3-11-39(43)81-21-35(73-77-81)31-17-25(18-32(71-31)36-22-82(78-74-36)40-12-4-8-28(50(89)90)44(40)54(60,61)62)47(85)69-15-1-2-16-70-48(86)26-19-33(37-23-83(79-75-37)41-13-5-9-29(51(91)92)45(41)55(63,64)65)72-34(20-26)38-24-84(80-76-38)42-14-6-10-30(52(93)94)46(42)56(66,67)68/h3-14,17-24H,1-2,15-16H2,(H,69,85)(H,70,86)(H,87,88)(H,89,90)(H,91,92)(H,93,94). The smallest absolute Gasteiger partial charge is 0.419 e. The molecule has 38 heteroatoms. The molecular weight excluding hydrogens is 1280 g/mol. The Morgan fingerprint density at radius 3 is 0.777 bits per heavy atom. The Kier molecular flexibility index (Phi) is 17.1. The predicted molar refractivity (Wildman–Crippen MR) is 292 cm³/mol. The highest BCUT2D eigenvalue weighted by molar-refractivity contribution is 5.97. The maximum atomic E-state index is 14.4. The molecule has 0 aliphatic heterocycles. The van der Waals surface area contributed by atoms with E-state index < -0.39 is 128 Å². The van der Waals surface area contributed by atoms with Crippen LogP contribution in [0.1, 0.15) is 97.2 Å². The van der Waals surface area contributed by atoms with Crippen LogP contribution in [-0.2, 0) is 24.7 Å². The molecule has 4 aromatic carbocycles. The molecule has 6 heterocycles. The molecule has 0 saturated carbocycles. The van der Waals surface area contributed by atoms with Crippen molar-refractivity contribution in [3.05, 3.63) is 177 Å². The van der Waals surface area contributed by atoms with Crippen LogP contribution < -0.4 is 10.6 Å². The Labute approximate surface area is 513 Å². The molecule has 0 radical (unpaired) electrons. The van der Waals surface area contributed by atoms with Crippen molar-refractivity contribution in [2.45, 2.75) is 37.5 Å². The molecule has 0 unspecified atom stereocenters. The number of unbranched alkanes of at least 4 members (excludes halogenated alkanes) is 1. The van der Waals surface area contributed by atoms with E-state index >= 15 is 0 Å². The van der Waals surface area contributed by atoms with Crippen LogP contribution >= 0.6 is 0 Å². The first-order valence-corrected chi connectivity index (χ1v) is 26.4. The minimum atomic E-state index is -5.25. The first-order valence-electron chi connectivity index (χ1n) is 26.4. The molecule has 0 bridgehead atoms. The lowest BCUT2D eigenvalue weighted by atomic mass is 10.0. The van der Waals surface area contributed by atoms with Crippen LogP contribution in [0.4, 0.5) is 52.7 Å². The summed E-state index contributed by atoms with van der Waals surface area (Å²) in [7, 11) is 0. The predicted octanol–water partition coefficient (Wildman–Crippen LogP) is 9.28. The van der Waals surface area contributed by atoms with Crippen LogP contribution in [0.25, 0.3) is 68.3 Å². The zero-order chi connectivity index (χ0) is 67.9. The summed E-state index contributed by atoms with van der Waals surface area (Å²) >= 11 is 0. The number of hydrogen-bond donors (Lipinski definition) is 6. The average molecular weight is 1320 g/mol. The quantitative estimate of drug-likeness (QED) is 0.0324. The van der Waals surface area contributed by atoms with Crippen molar-refractivity contribution in [1.82, 2.24) is 80.6 Å². The summed E-state index contributed by atoms with van der Waals surface area (Å²) in [6.07, 6.45) is -17.3. The highest BCUT2D eigenvalue weighted by Crippen LogP contribution is 2.41. The number of hydrogen-bond acceptors (Lipinski definition) is 16. The SMILES string of the molecule is O=C(NCCCCNC(=O)c1cc(-c2cn(-c3cccc(C(=O)O)c3C(F)(F)F)nn2)nc(-c2cn(-c3cccc(C(=O)O)c3C(F)(F)F)nn2)c1)c1cc(-c2cn(-c3cccc(C(=O)O)c3C(F)(F)F)nn2)nc(-c2cn(-c3cccc(C(=O)O)c3C(F)(F)F)nn2)c1. The van der Waals surface area contributed by atoms with Crippen LogP contribution in [0.3, 0.4) is 0 Å². The van der Waals surface area contributed by atoms with E-state index in [4.69, 9.17) is 0 Å². The Bertz CT molecular complexity index is 4130. The van der Waals surface area contributed by atoms with E-state index in [0.29, 0.717) is 43.0 Å². The topological polar surface area (TPSA) is 356 Å². The normalized spacial score (nSPS) is 12.0. The number of alkyl halides is 12. The lowest BCUT2D eigenvalue weighted by Gasteiger charge is -2.14. The molecule has 0 saturated heterocycles. The number of rotatable bonds is 19. The van der Waals surface area contributed by atoms with Crippen LogP contribution in [0.2, 0.25) is 0 Å². The van der Waals surface area contributed by atoms with Crippen molar-refractivity contribution in [2.75, 3.05) is 13.1 Å². The van der Waals surface area contributed by atoms with Crippen molar-refractivity contribution in [3.8, 4) is 68.3 Å². The largest absolute Gasteiger partial charge is 0.478 e. The summed E-state index contributed by atoms with van der Waals surface area (Å²) in [5.74, 6) is -9.51. The van der Waals surface area contributed by atoms with Crippen LogP contribution in [-0.4, -0.2) is 139 Å². The number of carboxylic acid groups (broad SMARTS) is 4. The number of carbonyl (C=O) groups excluding carboxylic acids is 2. The van der Waals surface area contributed by atoms with Gasteiger partial charge in [0.05, 0.1) is 115 Å². The first kappa shape index (κ1) is 64.7. The number of halogens is 12.